The van der Waals surface area contributed by atoms with Crippen LogP contribution in [0.4, 0.5) is 10.1 Å². The van der Waals surface area contributed by atoms with Gasteiger partial charge in [0.1, 0.15) is 12.2 Å². The summed E-state index contributed by atoms with van der Waals surface area (Å²) >= 11 is 0. The van der Waals surface area contributed by atoms with Crippen LogP contribution in [0.15, 0.2) is 36.7 Å². The number of hydrogen-bond donors (Lipinski definition) is 4. The first-order valence-corrected chi connectivity index (χ1v) is 12.1. The lowest BCUT2D eigenvalue weighted by Crippen LogP contribution is -2.42. The van der Waals surface area contributed by atoms with E-state index in [4.69, 9.17) is 5.26 Å². The average Bonchev–Trinajstić information content (AvgIpc) is 3.53. The Labute approximate surface area is 208 Å². The molecule has 10 heteroatoms. The number of nitrogens with one attached hydrogen (secondary N) is 2. The van der Waals surface area contributed by atoms with Gasteiger partial charge in [-0.15, -0.1) is 0 Å². The number of aliphatic hydroxyl groups is 2. The summed E-state index contributed by atoms with van der Waals surface area (Å²) in [7, 11) is 0. The zero-order valence-corrected chi connectivity index (χ0v) is 20.2. The van der Waals surface area contributed by atoms with E-state index in [0.29, 0.717) is 29.1 Å². The second-order valence-electron chi connectivity index (χ2n) is 10.5. The number of halogens is 1. The number of alkyl halides is 1. The minimum absolute atomic E-state index is 0.239. The van der Waals surface area contributed by atoms with E-state index in [2.05, 4.69) is 26.8 Å². The molecule has 0 aliphatic heterocycles. The fraction of sp³-hybridized carbons (Fsp3) is 0.462. The van der Waals surface area contributed by atoms with E-state index < -0.39 is 17.7 Å². The van der Waals surface area contributed by atoms with Crippen LogP contribution in [0.3, 0.4) is 0 Å². The quantitative estimate of drug-likeness (QED) is 0.398. The third kappa shape index (κ3) is 4.40. The Morgan fingerprint density at radius 2 is 2.17 bits per heavy atom. The number of anilines is 1. The molecule has 2 saturated carbocycles. The van der Waals surface area contributed by atoms with Crippen LogP contribution < -0.4 is 10.6 Å². The normalized spacial score (nSPS) is 24.0. The molecule has 3 heterocycles. The van der Waals surface area contributed by atoms with Gasteiger partial charge < -0.3 is 20.8 Å². The van der Waals surface area contributed by atoms with Crippen LogP contribution in [0.2, 0.25) is 0 Å². The lowest BCUT2D eigenvalue weighted by Gasteiger charge is -2.31. The lowest BCUT2D eigenvalue weighted by molar-refractivity contribution is -0.00177. The molecule has 2 bridgehead atoms. The Morgan fingerprint density at radius 3 is 2.83 bits per heavy atom. The van der Waals surface area contributed by atoms with Gasteiger partial charge in [0, 0.05) is 11.7 Å². The molecule has 4 N–H and O–H groups in total. The zero-order chi connectivity index (χ0) is 25.7. The molecule has 1 amide bonds. The lowest BCUT2D eigenvalue weighted by atomic mass is 9.91. The third-order valence-electron chi connectivity index (χ3n) is 7.44. The molecule has 2 aliphatic carbocycles. The number of hydrogen-bond acceptors (Lipinski definition) is 7. The molecule has 3 aromatic rings. The van der Waals surface area contributed by atoms with E-state index in [-0.39, 0.29) is 29.7 Å². The highest BCUT2D eigenvalue weighted by Gasteiger charge is 2.50. The number of carbonyl (C=O) groups is 1. The van der Waals surface area contributed by atoms with Gasteiger partial charge in [0.05, 0.1) is 58.2 Å². The maximum atomic E-state index is 14.3. The topological polar surface area (TPSA) is 136 Å². The van der Waals surface area contributed by atoms with Gasteiger partial charge in [-0.1, -0.05) is 0 Å². The Kier molecular flexibility index (Phi) is 5.93. The summed E-state index contributed by atoms with van der Waals surface area (Å²) in [6, 6.07) is 9.25. The summed E-state index contributed by atoms with van der Waals surface area (Å²) in [5.74, 6) is -0.270. The fourth-order valence-corrected chi connectivity index (χ4v) is 5.36. The summed E-state index contributed by atoms with van der Waals surface area (Å²) in [5, 5.41) is 39.9. The molecule has 188 valence electrons. The molecule has 36 heavy (non-hydrogen) atoms. The third-order valence-corrected chi connectivity index (χ3v) is 7.44. The van der Waals surface area contributed by atoms with E-state index in [1.54, 1.807) is 16.6 Å². The molecule has 0 spiro atoms. The molecule has 2 fully saturated rings. The largest absolute Gasteiger partial charge is 0.393 e. The number of nitrogens with zero attached hydrogens (tertiary/aromatic N) is 4. The highest BCUT2D eigenvalue weighted by molar-refractivity contribution is 6.00. The van der Waals surface area contributed by atoms with E-state index in [1.807, 2.05) is 12.1 Å². The molecule has 4 atom stereocenters. The molecule has 2 aliphatic rings. The van der Waals surface area contributed by atoms with Gasteiger partial charge in [0.2, 0.25) is 0 Å². The first-order chi connectivity index (χ1) is 17.1. The highest BCUT2D eigenvalue weighted by Crippen LogP contribution is 2.49. The Balaban J connectivity index is 1.50. The molecular formula is C26H29FN6O3. The van der Waals surface area contributed by atoms with Crippen molar-refractivity contribution in [3.8, 4) is 17.5 Å². The van der Waals surface area contributed by atoms with Crippen molar-refractivity contribution in [3.63, 3.8) is 0 Å². The SMILES string of the molecule is CC(C)(O)[C@H](F)CNC(=O)c1cnc(-c2ccc3cc(C#N)cnn23)cc1NC12CC[C@@H](C1)C(O)C2. The van der Waals surface area contributed by atoms with Crippen LogP contribution in [-0.2, 0) is 0 Å². The van der Waals surface area contributed by atoms with Crippen LogP contribution in [0.5, 0.6) is 0 Å². The van der Waals surface area contributed by atoms with Crippen LogP contribution in [0, 0.1) is 17.2 Å². The number of pyridine rings is 1. The van der Waals surface area contributed by atoms with Gasteiger partial charge in [-0.2, -0.15) is 10.4 Å². The van der Waals surface area contributed by atoms with Crippen molar-refractivity contribution in [1.29, 1.82) is 5.26 Å². The zero-order valence-electron chi connectivity index (χ0n) is 20.2. The maximum absolute atomic E-state index is 14.3. The Morgan fingerprint density at radius 1 is 1.36 bits per heavy atom. The van der Waals surface area contributed by atoms with Gasteiger partial charge in [-0.3, -0.25) is 9.78 Å². The van der Waals surface area contributed by atoms with Crippen LogP contribution in [0.25, 0.3) is 16.9 Å². The number of carbonyl (C=O) groups excluding carboxylic acids is 1. The van der Waals surface area contributed by atoms with Crippen molar-refractivity contribution < 1.29 is 19.4 Å². The summed E-state index contributed by atoms with van der Waals surface area (Å²) in [4.78, 5) is 17.6. The Bertz CT molecular complexity index is 1360. The molecule has 0 aromatic carbocycles. The number of nitriles is 1. The maximum Gasteiger partial charge on any atom is 0.255 e. The van der Waals surface area contributed by atoms with Gasteiger partial charge in [-0.25, -0.2) is 8.91 Å². The summed E-state index contributed by atoms with van der Waals surface area (Å²) in [6.07, 6.45) is 4.10. The number of amides is 1. The van der Waals surface area contributed by atoms with Gasteiger partial charge in [0.15, 0.2) is 0 Å². The first-order valence-electron chi connectivity index (χ1n) is 12.1. The van der Waals surface area contributed by atoms with Crippen LogP contribution >= 0.6 is 0 Å². The summed E-state index contributed by atoms with van der Waals surface area (Å²) < 4.78 is 16.0. The van der Waals surface area contributed by atoms with E-state index in [9.17, 15) is 19.4 Å². The highest BCUT2D eigenvalue weighted by atomic mass is 19.1. The molecule has 3 aromatic heterocycles. The van der Waals surface area contributed by atoms with E-state index >= 15 is 0 Å². The molecule has 0 saturated heterocycles. The average molecular weight is 493 g/mol. The first kappa shape index (κ1) is 24.2. The smallest absolute Gasteiger partial charge is 0.255 e. The van der Waals surface area contributed by atoms with Crippen molar-refractivity contribution >= 4 is 17.1 Å². The minimum Gasteiger partial charge on any atom is -0.393 e. The number of fused-ring (bicyclic) bond motifs is 3. The van der Waals surface area contributed by atoms with Crippen LogP contribution in [0.1, 0.15) is 55.5 Å². The molecule has 5 rings (SSSR count). The van der Waals surface area contributed by atoms with Crippen molar-refractivity contribution in [2.24, 2.45) is 5.92 Å². The second-order valence-corrected chi connectivity index (χ2v) is 10.5. The van der Waals surface area contributed by atoms with Gasteiger partial charge in [0.25, 0.3) is 5.91 Å². The van der Waals surface area contributed by atoms with Crippen molar-refractivity contribution in [3.05, 3.63) is 47.8 Å². The number of aromatic nitrogens is 3. The standard InChI is InChI=1S/C26H29FN6O3/c1-25(2,36)23(27)14-30-24(35)18-13-29-20(21-4-3-17-7-15(11-28)12-31-33(17)21)8-19(18)32-26-6-5-16(9-26)22(34)10-26/h3-4,7-8,12-13,16,22-23,34,36H,5-6,9-10,14H2,1-2H3,(H,29,32)(H,30,35)/t16-,22?,23+,26?/m0/s1. The predicted octanol–water partition coefficient (Wildman–Crippen LogP) is 2.82. The van der Waals surface area contributed by atoms with Gasteiger partial charge in [-0.05, 0) is 69.7 Å². The van der Waals surface area contributed by atoms with E-state index in [0.717, 1.165) is 24.8 Å². The summed E-state index contributed by atoms with van der Waals surface area (Å²) in [6.45, 7) is 2.36. The summed E-state index contributed by atoms with van der Waals surface area (Å²) in [5.41, 5.74) is 1.31. The fourth-order valence-electron chi connectivity index (χ4n) is 5.36. The van der Waals surface area contributed by atoms with Gasteiger partial charge >= 0.3 is 0 Å². The number of aliphatic hydroxyl groups excluding tert-OH is 1. The Hall–Kier alpha value is -3.55. The van der Waals surface area contributed by atoms with Crippen molar-refractivity contribution in [2.45, 2.75) is 62.9 Å². The monoisotopic (exact) mass is 492 g/mol. The molecule has 9 nitrogen and oxygen atoms in total. The van der Waals surface area contributed by atoms with Crippen molar-refractivity contribution in [1.82, 2.24) is 19.9 Å². The van der Waals surface area contributed by atoms with E-state index in [1.165, 1.54) is 26.2 Å². The molecular weight excluding hydrogens is 463 g/mol. The van der Waals surface area contributed by atoms with Crippen molar-refractivity contribution in [2.75, 3.05) is 11.9 Å². The van der Waals surface area contributed by atoms with Crippen LogP contribution in [-0.4, -0.2) is 60.7 Å². The molecule has 0 radical (unpaired) electrons. The predicted molar refractivity (Wildman–Crippen MR) is 131 cm³/mol. The second kappa shape index (κ2) is 8.84. The minimum atomic E-state index is -1.64. The number of rotatable bonds is 7. The molecule has 2 unspecified atom stereocenters.